The Morgan fingerprint density at radius 2 is 1.69 bits per heavy atom. The maximum absolute atomic E-state index is 13.7. The minimum atomic E-state index is -4.35. The standard InChI is InChI=1S/C36H33N3O5S4/c1-2-37-34(41)32(47-36(37)45)35-38(18-19-48(42,43)44)33(40)31(46-35)21-23-16-17-30-27(20-23)26-14-9-15-29(26)39(30)22-28(24-10-5-3-6-11-24)25-12-7-4-8-13-25/h3-8,10-13,16-17,20-22,26,29H,2,9,14-15,18-19H2,1H3,(H,42,43,44)/b31-21+,35-32+. The molecule has 1 amide bonds. The number of benzene rings is 3. The Bertz CT molecular complexity index is 2200. The third-order valence-electron chi connectivity index (χ3n) is 9.14. The maximum Gasteiger partial charge on any atom is 0.269 e. The van der Waals surface area contributed by atoms with Crippen LogP contribution in [0.1, 0.15) is 54.4 Å². The van der Waals surface area contributed by atoms with E-state index in [1.54, 1.807) is 0 Å². The van der Waals surface area contributed by atoms with E-state index >= 15 is 0 Å². The number of aromatic nitrogens is 1. The highest BCUT2D eigenvalue weighted by atomic mass is 32.2. The summed E-state index contributed by atoms with van der Waals surface area (Å²) in [4.78, 5) is 31.1. The lowest BCUT2D eigenvalue weighted by Crippen LogP contribution is -2.35. The highest BCUT2D eigenvalue weighted by molar-refractivity contribution is 8.30. The zero-order chi connectivity index (χ0) is 33.6. The molecule has 2 atom stereocenters. The van der Waals surface area contributed by atoms with Gasteiger partial charge in [0.15, 0.2) is 0 Å². The molecule has 8 nitrogen and oxygen atoms in total. The zero-order valence-corrected chi connectivity index (χ0v) is 29.4. The summed E-state index contributed by atoms with van der Waals surface area (Å²) >= 11 is 7.63. The predicted molar refractivity (Wildman–Crippen MR) is 198 cm³/mol. The predicted octanol–water partition coefficient (Wildman–Crippen LogP) is 5.16. The lowest BCUT2D eigenvalue weighted by molar-refractivity contribution is -0.120. The number of hydrogen-bond acceptors (Lipinski definition) is 8. The van der Waals surface area contributed by atoms with Crippen molar-refractivity contribution in [2.75, 3.05) is 17.2 Å². The van der Waals surface area contributed by atoms with Crippen molar-refractivity contribution in [3.05, 3.63) is 127 Å². The molecule has 2 aliphatic heterocycles. The summed E-state index contributed by atoms with van der Waals surface area (Å²) in [5.41, 5.74) is 6.28. The quantitative estimate of drug-likeness (QED) is 0.198. The van der Waals surface area contributed by atoms with Crippen LogP contribution < -0.4 is 19.7 Å². The van der Waals surface area contributed by atoms with Gasteiger partial charge in [-0.15, -0.1) is 11.3 Å². The largest absolute Gasteiger partial charge is 0.343 e. The molecule has 1 aromatic heterocycles. The Kier molecular flexibility index (Phi) is 9.03. The van der Waals surface area contributed by atoms with Gasteiger partial charge in [0.1, 0.15) is 13.9 Å². The highest BCUT2D eigenvalue weighted by Gasteiger charge is 2.41. The Hall–Kier alpha value is -3.81. The third kappa shape index (κ3) is 6.23. The SMILES string of the molecule is CCN1C(=O)/C(=c2\s/c(=C/c3ccc4c(c3)C3CCCC3N4C=C(c3ccccc3)c3ccccc3)c(=O)n2CCS(=O)(=O)O)SC1=S. The second-order valence-corrected chi connectivity index (χ2v) is 16.3. The van der Waals surface area contributed by atoms with Gasteiger partial charge < -0.3 is 4.90 Å². The molecule has 0 spiro atoms. The molecule has 12 heteroatoms. The number of fused-ring (bicyclic) bond motifs is 3. The monoisotopic (exact) mass is 715 g/mol. The van der Waals surface area contributed by atoms with Crippen LogP contribution in [0.15, 0.2) is 89.9 Å². The summed E-state index contributed by atoms with van der Waals surface area (Å²) in [5, 5.41) is 0. The van der Waals surface area contributed by atoms with Crippen molar-refractivity contribution in [1.82, 2.24) is 9.47 Å². The number of thioether (sulfide) groups is 1. The van der Waals surface area contributed by atoms with Crippen molar-refractivity contribution in [1.29, 1.82) is 0 Å². The van der Waals surface area contributed by atoms with Crippen LogP contribution in [0.3, 0.4) is 0 Å². The van der Waals surface area contributed by atoms with Gasteiger partial charge in [-0.05, 0) is 60.2 Å². The van der Waals surface area contributed by atoms with Crippen LogP contribution in [0, 0.1) is 0 Å². The van der Waals surface area contributed by atoms with Crippen molar-refractivity contribution in [2.24, 2.45) is 0 Å². The topological polar surface area (TPSA) is 99.9 Å². The van der Waals surface area contributed by atoms with Crippen LogP contribution in [-0.2, 0) is 21.5 Å². The summed E-state index contributed by atoms with van der Waals surface area (Å²) in [5.74, 6) is -0.611. The molecule has 1 saturated heterocycles. The fourth-order valence-corrected chi connectivity index (χ4v) is 10.00. The first-order valence-electron chi connectivity index (χ1n) is 15.8. The van der Waals surface area contributed by atoms with E-state index < -0.39 is 21.4 Å². The first-order valence-corrected chi connectivity index (χ1v) is 19.5. The molecule has 0 bridgehead atoms. The van der Waals surface area contributed by atoms with E-state index in [0.717, 1.165) is 70.3 Å². The minimum absolute atomic E-state index is 0.284. The molecular formula is C36H33N3O5S4. The molecule has 1 N–H and O–H groups in total. The molecule has 3 aromatic carbocycles. The van der Waals surface area contributed by atoms with Crippen molar-refractivity contribution in [3.8, 4) is 0 Å². The van der Waals surface area contributed by atoms with Crippen molar-refractivity contribution in [3.63, 3.8) is 0 Å². The number of hydrogen-bond donors (Lipinski definition) is 1. The fraction of sp³-hybridized carbons (Fsp3) is 0.250. The summed E-state index contributed by atoms with van der Waals surface area (Å²) in [6.45, 7) is 1.92. The van der Waals surface area contributed by atoms with Crippen molar-refractivity contribution in [2.45, 2.75) is 44.7 Å². The minimum Gasteiger partial charge on any atom is -0.343 e. The molecule has 48 heavy (non-hydrogen) atoms. The molecule has 0 radical (unpaired) electrons. The molecular weight excluding hydrogens is 683 g/mol. The number of carbonyl (C=O) groups excluding carboxylic acids is 1. The van der Waals surface area contributed by atoms with Gasteiger partial charge >= 0.3 is 0 Å². The second-order valence-electron chi connectivity index (χ2n) is 12.0. The third-order valence-corrected chi connectivity index (χ3v) is 12.5. The van der Waals surface area contributed by atoms with Gasteiger partial charge in [0.25, 0.3) is 21.6 Å². The summed E-state index contributed by atoms with van der Waals surface area (Å²) in [7, 11) is -4.35. The van der Waals surface area contributed by atoms with Gasteiger partial charge in [-0.3, -0.25) is 23.6 Å². The highest BCUT2D eigenvalue weighted by Crippen LogP contribution is 2.50. The number of thiazole rings is 1. The molecule has 2 unspecified atom stereocenters. The Balaban J connectivity index is 1.33. The van der Waals surface area contributed by atoms with Gasteiger partial charge in [-0.25, -0.2) is 0 Å². The number of carbonyl (C=O) groups is 1. The molecule has 1 aliphatic carbocycles. The van der Waals surface area contributed by atoms with Crippen LogP contribution >= 0.6 is 35.3 Å². The lowest BCUT2D eigenvalue weighted by Gasteiger charge is -2.25. The number of nitrogens with zero attached hydrogens (tertiary/aromatic N) is 3. The fourth-order valence-electron chi connectivity index (χ4n) is 6.91. The molecule has 246 valence electrons. The normalized spacial score (nSPS) is 20.4. The van der Waals surface area contributed by atoms with Gasteiger partial charge in [0, 0.05) is 42.5 Å². The van der Waals surface area contributed by atoms with Crippen molar-refractivity contribution < 1.29 is 17.8 Å². The van der Waals surface area contributed by atoms with E-state index in [2.05, 4.69) is 71.8 Å². The number of rotatable bonds is 8. The van der Waals surface area contributed by atoms with E-state index in [-0.39, 0.29) is 17.4 Å². The molecule has 3 aliphatic rings. The Labute approximate surface area is 292 Å². The van der Waals surface area contributed by atoms with Crippen LogP contribution in [0.25, 0.3) is 16.6 Å². The van der Waals surface area contributed by atoms with E-state index in [0.29, 0.717) is 32.0 Å². The molecule has 1 saturated carbocycles. The van der Waals surface area contributed by atoms with Crippen molar-refractivity contribution >= 4 is 77.9 Å². The lowest BCUT2D eigenvalue weighted by atomic mass is 9.96. The van der Waals surface area contributed by atoms with Crippen LogP contribution in [0.5, 0.6) is 0 Å². The number of amides is 1. The van der Waals surface area contributed by atoms with Gasteiger partial charge in [0.2, 0.25) is 0 Å². The number of thiocarbonyl (C=S) groups is 1. The van der Waals surface area contributed by atoms with Gasteiger partial charge in [0.05, 0.1) is 10.3 Å². The second kappa shape index (κ2) is 13.2. The smallest absolute Gasteiger partial charge is 0.269 e. The molecule has 4 aromatic rings. The van der Waals surface area contributed by atoms with E-state index in [1.807, 2.05) is 31.2 Å². The van der Waals surface area contributed by atoms with Crippen LogP contribution in [0.2, 0.25) is 0 Å². The molecule has 2 fully saturated rings. The van der Waals surface area contributed by atoms with E-state index in [9.17, 15) is 22.6 Å². The van der Waals surface area contributed by atoms with E-state index in [1.165, 1.54) is 15.0 Å². The van der Waals surface area contributed by atoms with Crippen LogP contribution in [-0.4, -0.2) is 51.0 Å². The number of anilines is 1. The summed E-state index contributed by atoms with van der Waals surface area (Å²) in [6.07, 6.45) is 7.39. The Morgan fingerprint density at radius 1 is 1.00 bits per heavy atom. The average Bonchev–Trinajstić information content (AvgIpc) is 3.82. The van der Waals surface area contributed by atoms with Gasteiger partial charge in [-0.1, -0.05) is 97.1 Å². The summed E-state index contributed by atoms with van der Waals surface area (Å²) < 4.78 is 35.1. The first-order chi connectivity index (χ1) is 23.1. The zero-order valence-electron chi connectivity index (χ0n) is 26.1. The first kappa shape index (κ1) is 32.7. The molecule has 7 rings (SSSR count). The average molecular weight is 716 g/mol. The maximum atomic E-state index is 13.7. The Morgan fingerprint density at radius 3 is 2.31 bits per heavy atom. The van der Waals surface area contributed by atoms with Gasteiger partial charge in [-0.2, -0.15) is 8.42 Å². The van der Waals surface area contributed by atoms with Crippen LogP contribution in [0.4, 0.5) is 5.69 Å². The molecule has 3 heterocycles. The van der Waals surface area contributed by atoms with E-state index in [4.69, 9.17) is 12.2 Å². The summed E-state index contributed by atoms with van der Waals surface area (Å²) in [6, 6.07) is 27.5.